The highest BCUT2D eigenvalue weighted by Crippen LogP contribution is 2.20. The van der Waals surface area contributed by atoms with Gasteiger partial charge in [0, 0.05) is 76.5 Å². The number of likely N-dealkylation sites (tertiary alicyclic amines) is 1. The van der Waals surface area contributed by atoms with E-state index in [0.717, 1.165) is 51.5 Å². The lowest BCUT2D eigenvalue weighted by molar-refractivity contribution is 0.0287. The van der Waals surface area contributed by atoms with E-state index in [1.807, 2.05) is 12.1 Å². The molecule has 4 rings (SSSR count). The van der Waals surface area contributed by atoms with E-state index in [1.165, 1.54) is 18.3 Å². The minimum absolute atomic E-state index is 0.0403. The Bertz CT molecular complexity index is 779. The third-order valence-corrected chi connectivity index (χ3v) is 5.42. The highest BCUT2D eigenvalue weighted by atomic mass is 19.1. The topological polar surface area (TPSA) is 44.6 Å². The van der Waals surface area contributed by atoms with Gasteiger partial charge in [-0.1, -0.05) is 0 Å². The summed E-state index contributed by atoms with van der Waals surface area (Å²) in [6, 6.07) is 7.38. The van der Waals surface area contributed by atoms with E-state index in [0.29, 0.717) is 12.6 Å². The molecule has 138 valence electrons. The lowest BCUT2D eigenvalue weighted by atomic mass is 10.1. The average Bonchev–Trinajstić information content (AvgIpc) is 2.63. The Morgan fingerprint density at radius 3 is 2.46 bits per heavy atom. The molecule has 0 radical (unpaired) electrons. The first-order chi connectivity index (χ1) is 12.7. The van der Waals surface area contributed by atoms with Crippen LogP contribution in [-0.4, -0.2) is 71.2 Å². The summed E-state index contributed by atoms with van der Waals surface area (Å²) in [6.45, 7) is 7.79. The van der Waals surface area contributed by atoms with Gasteiger partial charge in [-0.3, -0.25) is 19.6 Å². The van der Waals surface area contributed by atoms with Gasteiger partial charge in [0.15, 0.2) is 0 Å². The molecule has 0 N–H and O–H groups in total. The summed E-state index contributed by atoms with van der Waals surface area (Å²) >= 11 is 0. The summed E-state index contributed by atoms with van der Waals surface area (Å²) in [6.07, 6.45) is 4.76. The average molecular weight is 357 g/mol. The zero-order chi connectivity index (χ0) is 17.9. The van der Waals surface area contributed by atoms with Gasteiger partial charge in [-0.2, -0.15) is 0 Å². The number of hydrogen-bond donors (Lipinski definition) is 0. The normalized spacial score (nSPS) is 19.5. The number of benzene rings is 1. The lowest BCUT2D eigenvalue weighted by Gasteiger charge is -2.48. The third kappa shape index (κ3) is 3.78. The van der Waals surface area contributed by atoms with Gasteiger partial charge < -0.3 is 9.47 Å². The van der Waals surface area contributed by atoms with E-state index >= 15 is 0 Å². The second-order valence-corrected chi connectivity index (χ2v) is 7.02. The molecule has 7 heteroatoms. The molecule has 0 atom stereocenters. The van der Waals surface area contributed by atoms with Crippen LogP contribution in [-0.2, 0) is 6.54 Å². The van der Waals surface area contributed by atoms with Gasteiger partial charge >= 0.3 is 0 Å². The smallest absolute Gasteiger partial charge is 0.269 e. The Balaban J connectivity index is 1.20. The van der Waals surface area contributed by atoms with E-state index in [2.05, 4.69) is 19.7 Å². The number of aromatic nitrogens is 2. The van der Waals surface area contributed by atoms with Crippen molar-refractivity contribution in [3.05, 3.63) is 59.0 Å². The van der Waals surface area contributed by atoms with Crippen molar-refractivity contribution >= 4 is 5.69 Å². The molecule has 0 aliphatic carbocycles. The van der Waals surface area contributed by atoms with Crippen LogP contribution in [0.15, 0.2) is 47.7 Å². The Morgan fingerprint density at radius 1 is 1.04 bits per heavy atom. The maximum atomic E-state index is 13.1. The monoisotopic (exact) mass is 357 g/mol. The van der Waals surface area contributed by atoms with Crippen LogP contribution in [0.1, 0.15) is 0 Å². The zero-order valence-electron chi connectivity index (χ0n) is 14.8. The number of rotatable bonds is 5. The highest BCUT2D eigenvalue weighted by Gasteiger charge is 2.33. The standard InChI is InChI=1S/C19H24FN5O/c20-16-1-3-17(4-2-16)23-9-11-24(12-10-23)18-14-22(15-18)7-8-25-6-5-21-13-19(25)26/h1-6,13,18H,7-12,14-15H2. The van der Waals surface area contributed by atoms with E-state index in [-0.39, 0.29) is 11.4 Å². The van der Waals surface area contributed by atoms with E-state index in [4.69, 9.17) is 0 Å². The first-order valence-electron chi connectivity index (χ1n) is 9.16. The molecule has 2 saturated heterocycles. The summed E-state index contributed by atoms with van der Waals surface area (Å²) in [4.78, 5) is 22.8. The van der Waals surface area contributed by atoms with E-state index in [9.17, 15) is 9.18 Å². The zero-order valence-corrected chi connectivity index (χ0v) is 14.8. The quantitative estimate of drug-likeness (QED) is 0.795. The Morgan fingerprint density at radius 2 is 1.77 bits per heavy atom. The third-order valence-electron chi connectivity index (χ3n) is 5.42. The Labute approximate surface area is 152 Å². The van der Waals surface area contributed by atoms with Gasteiger partial charge in [0.1, 0.15) is 5.82 Å². The predicted octanol–water partition coefficient (Wildman–Crippen LogP) is 0.889. The maximum absolute atomic E-state index is 13.1. The van der Waals surface area contributed by atoms with Crippen molar-refractivity contribution in [2.24, 2.45) is 0 Å². The minimum atomic E-state index is -0.184. The fourth-order valence-electron chi connectivity index (χ4n) is 3.76. The first kappa shape index (κ1) is 17.2. The van der Waals surface area contributed by atoms with Crippen LogP contribution < -0.4 is 10.5 Å². The van der Waals surface area contributed by atoms with Gasteiger partial charge in [-0.15, -0.1) is 0 Å². The summed E-state index contributed by atoms with van der Waals surface area (Å²) in [5, 5.41) is 0. The molecule has 0 bridgehead atoms. The fraction of sp³-hybridized carbons (Fsp3) is 0.474. The van der Waals surface area contributed by atoms with Crippen LogP contribution in [0.25, 0.3) is 0 Å². The second-order valence-electron chi connectivity index (χ2n) is 7.02. The molecule has 2 fully saturated rings. The van der Waals surface area contributed by atoms with Crippen molar-refractivity contribution in [1.82, 2.24) is 19.4 Å². The number of nitrogens with zero attached hydrogens (tertiary/aromatic N) is 5. The molecule has 2 aliphatic heterocycles. The molecule has 2 aliphatic rings. The van der Waals surface area contributed by atoms with E-state index < -0.39 is 0 Å². The number of hydrogen-bond acceptors (Lipinski definition) is 5. The molecule has 2 aromatic rings. The highest BCUT2D eigenvalue weighted by molar-refractivity contribution is 5.46. The van der Waals surface area contributed by atoms with Crippen molar-refractivity contribution in [2.45, 2.75) is 12.6 Å². The van der Waals surface area contributed by atoms with Gasteiger partial charge in [-0.25, -0.2) is 4.39 Å². The Kier molecular flexibility index (Phi) is 4.99. The molecule has 0 saturated carbocycles. The number of piperazine rings is 1. The predicted molar refractivity (Wildman–Crippen MR) is 98.9 cm³/mol. The Hall–Kier alpha value is -2.25. The molecule has 0 unspecified atom stereocenters. The summed E-state index contributed by atoms with van der Waals surface area (Å²) in [5.74, 6) is -0.184. The molecule has 3 heterocycles. The van der Waals surface area contributed by atoms with Crippen LogP contribution in [0, 0.1) is 5.82 Å². The summed E-state index contributed by atoms with van der Waals surface area (Å²) < 4.78 is 14.8. The molecular weight excluding hydrogens is 333 g/mol. The molecule has 1 aromatic heterocycles. The van der Waals surface area contributed by atoms with Crippen molar-refractivity contribution in [3.8, 4) is 0 Å². The summed E-state index contributed by atoms with van der Waals surface area (Å²) in [7, 11) is 0. The van der Waals surface area contributed by atoms with Crippen LogP contribution >= 0.6 is 0 Å². The lowest BCUT2D eigenvalue weighted by Crippen LogP contribution is -2.63. The van der Waals surface area contributed by atoms with Gasteiger partial charge in [0.2, 0.25) is 0 Å². The SMILES string of the molecule is O=c1cnccn1CCN1CC(N2CCN(c3ccc(F)cc3)CC2)C1. The van der Waals surface area contributed by atoms with E-state index in [1.54, 1.807) is 17.0 Å². The van der Waals surface area contributed by atoms with Crippen LogP contribution in [0.4, 0.5) is 10.1 Å². The molecular formula is C19H24FN5O. The molecule has 1 aromatic carbocycles. The van der Waals surface area contributed by atoms with Gasteiger partial charge in [0.05, 0.1) is 6.20 Å². The van der Waals surface area contributed by atoms with Crippen LogP contribution in [0.2, 0.25) is 0 Å². The largest absolute Gasteiger partial charge is 0.369 e. The maximum Gasteiger partial charge on any atom is 0.269 e. The van der Waals surface area contributed by atoms with Gasteiger partial charge in [0.25, 0.3) is 5.56 Å². The molecule has 0 spiro atoms. The van der Waals surface area contributed by atoms with Gasteiger partial charge in [-0.05, 0) is 24.3 Å². The van der Waals surface area contributed by atoms with Crippen molar-refractivity contribution in [2.75, 3.05) is 50.7 Å². The van der Waals surface area contributed by atoms with Crippen molar-refractivity contribution in [3.63, 3.8) is 0 Å². The van der Waals surface area contributed by atoms with Crippen molar-refractivity contribution in [1.29, 1.82) is 0 Å². The molecule has 6 nitrogen and oxygen atoms in total. The summed E-state index contributed by atoms with van der Waals surface area (Å²) in [5.41, 5.74) is 1.06. The molecule has 26 heavy (non-hydrogen) atoms. The second kappa shape index (κ2) is 7.55. The first-order valence-corrected chi connectivity index (χ1v) is 9.16. The van der Waals surface area contributed by atoms with Crippen LogP contribution in [0.3, 0.4) is 0 Å². The molecule has 0 amide bonds. The number of anilines is 1. The van der Waals surface area contributed by atoms with Crippen LogP contribution in [0.5, 0.6) is 0 Å². The fourth-order valence-corrected chi connectivity index (χ4v) is 3.76. The number of halogens is 1. The minimum Gasteiger partial charge on any atom is -0.369 e. The van der Waals surface area contributed by atoms with Crippen molar-refractivity contribution < 1.29 is 4.39 Å².